The summed E-state index contributed by atoms with van der Waals surface area (Å²) in [7, 11) is 1.25. The molecule has 0 aliphatic carbocycles. The van der Waals surface area contributed by atoms with Gasteiger partial charge in [-0.1, -0.05) is 0 Å². The number of nitro groups is 1. The molecule has 104 valence electrons. The van der Waals surface area contributed by atoms with Crippen LogP contribution in [0.25, 0.3) is 0 Å². The molecule has 0 radical (unpaired) electrons. The number of halogens is 1. The maximum Gasteiger partial charge on any atom is 0.295 e. The highest BCUT2D eigenvalue weighted by Crippen LogP contribution is 2.31. The Hall–Kier alpha value is -2.38. The van der Waals surface area contributed by atoms with E-state index in [1.165, 1.54) is 7.11 Å². The van der Waals surface area contributed by atoms with Crippen molar-refractivity contribution in [3.8, 4) is 5.75 Å². The number of nitrogens with one attached hydrogen (secondary N) is 2. The average molecular weight is 271 g/mol. The van der Waals surface area contributed by atoms with Gasteiger partial charge in [0.1, 0.15) is 5.69 Å². The van der Waals surface area contributed by atoms with Crippen molar-refractivity contribution in [2.24, 2.45) is 0 Å². The lowest BCUT2D eigenvalue weighted by molar-refractivity contribution is -0.384. The van der Waals surface area contributed by atoms with E-state index in [0.29, 0.717) is 6.54 Å². The molecule has 0 aliphatic rings. The van der Waals surface area contributed by atoms with Gasteiger partial charge in [0.25, 0.3) is 5.69 Å². The molecule has 1 amide bonds. The minimum atomic E-state index is -0.835. The van der Waals surface area contributed by atoms with Crippen molar-refractivity contribution in [1.29, 1.82) is 0 Å². The lowest BCUT2D eigenvalue weighted by Gasteiger charge is -2.09. The zero-order chi connectivity index (χ0) is 14.4. The zero-order valence-electron chi connectivity index (χ0n) is 10.5. The van der Waals surface area contributed by atoms with Crippen LogP contribution in [0.5, 0.6) is 5.75 Å². The minimum Gasteiger partial charge on any atom is -0.494 e. The van der Waals surface area contributed by atoms with Gasteiger partial charge < -0.3 is 15.4 Å². The van der Waals surface area contributed by atoms with Gasteiger partial charge in [-0.05, 0) is 6.92 Å². The van der Waals surface area contributed by atoms with Crippen LogP contribution in [-0.4, -0.2) is 31.0 Å². The number of likely N-dealkylation sites (N-methyl/N-ethyl adjacent to an activating group) is 1. The highest BCUT2D eigenvalue weighted by molar-refractivity contribution is 5.81. The van der Waals surface area contributed by atoms with Gasteiger partial charge in [0.15, 0.2) is 11.6 Å². The van der Waals surface area contributed by atoms with E-state index in [4.69, 9.17) is 4.74 Å². The van der Waals surface area contributed by atoms with E-state index in [0.717, 1.165) is 12.1 Å². The second-order valence-corrected chi connectivity index (χ2v) is 3.57. The van der Waals surface area contributed by atoms with Crippen molar-refractivity contribution >= 4 is 17.3 Å². The number of anilines is 1. The molecule has 0 saturated carbocycles. The Morgan fingerprint density at radius 3 is 2.74 bits per heavy atom. The molecule has 0 atom stereocenters. The van der Waals surface area contributed by atoms with E-state index >= 15 is 0 Å². The van der Waals surface area contributed by atoms with Crippen molar-refractivity contribution in [2.45, 2.75) is 6.92 Å². The Kier molecular flexibility index (Phi) is 5.04. The van der Waals surface area contributed by atoms with Crippen LogP contribution in [0.4, 0.5) is 15.8 Å². The quantitative estimate of drug-likeness (QED) is 0.600. The van der Waals surface area contributed by atoms with E-state index in [1.807, 2.05) is 0 Å². The summed E-state index contributed by atoms with van der Waals surface area (Å²) < 4.78 is 18.1. The van der Waals surface area contributed by atoms with E-state index in [9.17, 15) is 19.3 Å². The second kappa shape index (κ2) is 6.53. The molecular weight excluding hydrogens is 257 g/mol. The van der Waals surface area contributed by atoms with Gasteiger partial charge in [-0.15, -0.1) is 0 Å². The molecule has 2 N–H and O–H groups in total. The summed E-state index contributed by atoms with van der Waals surface area (Å²) in [6.45, 7) is 2.06. The smallest absolute Gasteiger partial charge is 0.295 e. The number of rotatable bonds is 6. The van der Waals surface area contributed by atoms with Gasteiger partial charge in [0.05, 0.1) is 24.6 Å². The first kappa shape index (κ1) is 14.7. The van der Waals surface area contributed by atoms with Crippen LogP contribution < -0.4 is 15.4 Å². The zero-order valence-corrected chi connectivity index (χ0v) is 10.5. The first-order valence-corrected chi connectivity index (χ1v) is 5.52. The summed E-state index contributed by atoms with van der Waals surface area (Å²) in [6.07, 6.45) is 0. The van der Waals surface area contributed by atoms with Crippen LogP contribution in [-0.2, 0) is 4.79 Å². The number of ether oxygens (including phenoxy) is 1. The Bertz CT molecular complexity index is 493. The predicted octanol–water partition coefficient (Wildman–Crippen LogP) is 1.29. The average Bonchev–Trinajstić information content (AvgIpc) is 2.37. The SMILES string of the molecule is CCNC(=O)CNc1cc(OC)c(F)cc1[N+](=O)[O-]. The summed E-state index contributed by atoms with van der Waals surface area (Å²) in [5.74, 6) is -1.29. The number of carbonyl (C=O) groups is 1. The molecule has 0 aromatic heterocycles. The Labute approximate surface area is 108 Å². The first-order valence-electron chi connectivity index (χ1n) is 5.52. The van der Waals surface area contributed by atoms with Gasteiger partial charge in [-0.2, -0.15) is 0 Å². The summed E-state index contributed by atoms with van der Waals surface area (Å²) >= 11 is 0. The number of amides is 1. The highest BCUT2D eigenvalue weighted by atomic mass is 19.1. The third-order valence-corrected chi connectivity index (χ3v) is 2.28. The fourth-order valence-electron chi connectivity index (χ4n) is 1.43. The molecule has 0 fully saturated rings. The molecule has 0 saturated heterocycles. The van der Waals surface area contributed by atoms with Crippen molar-refractivity contribution in [3.05, 3.63) is 28.1 Å². The molecule has 0 aliphatic heterocycles. The molecule has 8 heteroatoms. The van der Waals surface area contributed by atoms with Crippen molar-refractivity contribution in [2.75, 3.05) is 25.5 Å². The van der Waals surface area contributed by atoms with Crippen LogP contribution in [0.3, 0.4) is 0 Å². The molecule has 0 bridgehead atoms. The fourth-order valence-corrected chi connectivity index (χ4v) is 1.43. The van der Waals surface area contributed by atoms with Crippen molar-refractivity contribution < 1.29 is 18.8 Å². The van der Waals surface area contributed by atoms with E-state index in [2.05, 4.69) is 10.6 Å². The topological polar surface area (TPSA) is 93.5 Å². The number of benzene rings is 1. The monoisotopic (exact) mass is 271 g/mol. The lowest BCUT2D eigenvalue weighted by Crippen LogP contribution is -2.29. The molecule has 0 unspecified atom stereocenters. The highest BCUT2D eigenvalue weighted by Gasteiger charge is 2.19. The van der Waals surface area contributed by atoms with Crippen LogP contribution in [0.2, 0.25) is 0 Å². The summed E-state index contributed by atoms with van der Waals surface area (Å²) in [4.78, 5) is 21.3. The molecule has 1 aromatic rings. The Morgan fingerprint density at radius 1 is 1.53 bits per heavy atom. The van der Waals surface area contributed by atoms with Crippen LogP contribution in [0, 0.1) is 15.9 Å². The van der Waals surface area contributed by atoms with Gasteiger partial charge in [0.2, 0.25) is 5.91 Å². The van der Waals surface area contributed by atoms with Crippen LogP contribution in [0.1, 0.15) is 6.92 Å². The maximum absolute atomic E-state index is 13.4. The summed E-state index contributed by atoms with van der Waals surface area (Å²) in [6, 6.07) is 1.89. The van der Waals surface area contributed by atoms with Gasteiger partial charge in [-0.25, -0.2) is 4.39 Å². The van der Waals surface area contributed by atoms with Crippen molar-refractivity contribution in [3.63, 3.8) is 0 Å². The number of methoxy groups -OCH3 is 1. The lowest BCUT2D eigenvalue weighted by atomic mass is 10.2. The summed E-state index contributed by atoms with van der Waals surface area (Å²) in [5, 5.41) is 15.9. The summed E-state index contributed by atoms with van der Waals surface area (Å²) in [5.41, 5.74) is -0.433. The number of hydrogen-bond acceptors (Lipinski definition) is 5. The van der Waals surface area contributed by atoms with Crippen LogP contribution >= 0.6 is 0 Å². The predicted molar refractivity (Wildman–Crippen MR) is 66.8 cm³/mol. The molecule has 0 spiro atoms. The third kappa shape index (κ3) is 3.80. The minimum absolute atomic E-state index is 0.0227. The largest absolute Gasteiger partial charge is 0.494 e. The maximum atomic E-state index is 13.4. The standard InChI is InChI=1S/C11H14FN3O4/c1-3-13-11(16)6-14-8-5-10(19-2)7(12)4-9(8)15(17)18/h4-5,14H,3,6H2,1-2H3,(H,13,16). The second-order valence-electron chi connectivity index (χ2n) is 3.57. The molecule has 1 rings (SSSR count). The number of hydrogen-bond donors (Lipinski definition) is 2. The molecule has 7 nitrogen and oxygen atoms in total. The Morgan fingerprint density at radius 2 is 2.21 bits per heavy atom. The Balaban J connectivity index is 2.97. The van der Waals surface area contributed by atoms with E-state index in [-0.39, 0.29) is 23.9 Å². The first-order chi connectivity index (χ1) is 8.99. The number of nitrogens with zero attached hydrogens (tertiary/aromatic N) is 1. The molecular formula is C11H14FN3O4. The molecule has 1 aromatic carbocycles. The van der Waals surface area contributed by atoms with Gasteiger partial charge >= 0.3 is 0 Å². The van der Waals surface area contributed by atoms with Crippen LogP contribution in [0.15, 0.2) is 12.1 Å². The normalized spacial score (nSPS) is 9.84. The van der Waals surface area contributed by atoms with E-state index in [1.54, 1.807) is 6.92 Å². The van der Waals surface area contributed by atoms with E-state index < -0.39 is 16.4 Å². The number of nitro benzene ring substituents is 1. The third-order valence-electron chi connectivity index (χ3n) is 2.28. The molecule has 0 heterocycles. The number of carbonyl (C=O) groups excluding carboxylic acids is 1. The fraction of sp³-hybridized carbons (Fsp3) is 0.364. The van der Waals surface area contributed by atoms with Crippen molar-refractivity contribution in [1.82, 2.24) is 5.32 Å². The van der Waals surface area contributed by atoms with Gasteiger partial charge in [-0.3, -0.25) is 14.9 Å². The molecule has 19 heavy (non-hydrogen) atoms. The van der Waals surface area contributed by atoms with Gasteiger partial charge in [0, 0.05) is 12.6 Å².